The fourth-order valence-corrected chi connectivity index (χ4v) is 2.04. The molecule has 2 N–H and O–H groups in total. The van der Waals surface area contributed by atoms with Crippen LogP contribution < -0.4 is 5.73 Å². The zero-order chi connectivity index (χ0) is 13.7. The molecule has 0 aromatic heterocycles. The Morgan fingerprint density at radius 3 is 2.72 bits per heavy atom. The number of benzene rings is 1. The van der Waals surface area contributed by atoms with E-state index in [1.54, 1.807) is 0 Å². The van der Waals surface area contributed by atoms with E-state index in [4.69, 9.17) is 33.7 Å². The van der Waals surface area contributed by atoms with Gasteiger partial charge in [-0.25, -0.2) is 4.79 Å². The van der Waals surface area contributed by atoms with Gasteiger partial charge in [-0.05, 0) is 24.5 Å². The highest BCUT2D eigenvalue weighted by molar-refractivity contribution is 6.44. The van der Waals surface area contributed by atoms with Crippen LogP contribution in [0.25, 0.3) is 0 Å². The lowest BCUT2D eigenvalue weighted by atomic mass is 10.1. The average Bonchev–Trinajstić information content (AvgIpc) is 2.31. The second-order valence-electron chi connectivity index (χ2n) is 4.36. The monoisotopic (exact) mass is 289 g/mol. The minimum atomic E-state index is -0.489. The molecule has 3 nitrogen and oxygen atoms in total. The number of carbonyl (C=O) groups excluding carboxylic acids is 1. The standard InChI is InChI=1S/C13H17Cl2NO2/c1-3-4-8(2)7-18-13(17)10-5-9(16)6-11(14)12(10)15/h5-6,8H,3-4,7,16H2,1-2H3. The molecule has 1 aromatic rings. The van der Waals surface area contributed by atoms with E-state index in [-0.39, 0.29) is 15.6 Å². The summed E-state index contributed by atoms with van der Waals surface area (Å²) in [7, 11) is 0. The van der Waals surface area contributed by atoms with Crippen molar-refractivity contribution in [3.63, 3.8) is 0 Å². The highest BCUT2D eigenvalue weighted by Crippen LogP contribution is 2.29. The SMILES string of the molecule is CCCC(C)COC(=O)c1cc(N)cc(Cl)c1Cl. The Morgan fingerprint density at radius 2 is 2.11 bits per heavy atom. The van der Waals surface area contributed by atoms with E-state index in [0.717, 1.165) is 12.8 Å². The molecule has 0 spiro atoms. The number of carbonyl (C=O) groups is 1. The average molecular weight is 290 g/mol. The summed E-state index contributed by atoms with van der Waals surface area (Å²) in [5.41, 5.74) is 6.22. The third-order valence-corrected chi connectivity index (χ3v) is 3.35. The third-order valence-electron chi connectivity index (χ3n) is 2.55. The molecule has 0 heterocycles. The number of rotatable bonds is 5. The van der Waals surface area contributed by atoms with E-state index < -0.39 is 5.97 Å². The van der Waals surface area contributed by atoms with Crippen molar-refractivity contribution in [2.45, 2.75) is 26.7 Å². The summed E-state index contributed by atoms with van der Waals surface area (Å²) in [6.45, 7) is 4.49. The molecule has 0 aliphatic heterocycles. The molecule has 0 saturated heterocycles. The van der Waals surface area contributed by atoms with Crippen LogP contribution in [0.4, 0.5) is 5.69 Å². The van der Waals surface area contributed by atoms with Gasteiger partial charge < -0.3 is 10.5 Å². The van der Waals surface area contributed by atoms with E-state index in [2.05, 4.69) is 6.92 Å². The third kappa shape index (κ3) is 4.07. The predicted octanol–water partition coefficient (Wildman–Crippen LogP) is 4.17. The van der Waals surface area contributed by atoms with Crippen LogP contribution in [0.3, 0.4) is 0 Å². The van der Waals surface area contributed by atoms with Gasteiger partial charge in [0.1, 0.15) is 0 Å². The van der Waals surface area contributed by atoms with Gasteiger partial charge in [-0.1, -0.05) is 43.5 Å². The second kappa shape index (κ2) is 6.86. The largest absolute Gasteiger partial charge is 0.462 e. The van der Waals surface area contributed by atoms with Gasteiger partial charge in [0.05, 0.1) is 22.2 Å². The van der Waals surface area contributed by atoms with Crippen LogP contribution >= 0.6 is 23.2 Å². The van der Waals surface area contributed by atoms with E-state index in [9.17, 15) is 4.79 Å². The number of nitrogens with two attached hydrogens (primary N) is 1. The van der Waals surface area contributed by atoms with Crippen molar-refractivity contribution in [1.29, 1.82) is 0 Å². The first-order valence-corrected chi connectivity index (χ1v) is 6.63. The van der Waals surface area contributed by atoms with Crippen LogP contribution in [-0.4, -0.2) is 12.6 Å². The molecule has 0 saturated carbocycles. The Bertz CT molecular complexity index is 435. The van der Waals surface area contributed by atoms with Crippen molar-refractivity contribution in [2.75, 3.05) is 12.3 Å². The van der Waals surface area contributed by atoms with Crippen LogP contribution in [0.5, 0.6) is 0 Å². The first-order valence-electron chi connectivity index (χ1n) is 5.87. The van der Waals surface area contributed by atoms with Crippen LogP contribution in [-0.2, 0) is 4.74 Å². The summed E-state index contributed by atoms with van der Waals surface area (Å²) < 4.78 is 5.20. The lowest BCUT2D eigenvalue weighted by molar-refractivity contribution is 0.0444. The van der Waals surface area contributed by atoms with Gasteiger partial charge in [0.25, 0.3) is 0 Å². The Labute approximate surface area is 117 Å². The maximum Gasteiger partial charge on any atom is 0.339 e. The molecule has 18 heavy (non-hydrogen) atoms. The number of hydrogen-bond donors (Lipinski definition) is 1. The summed E-state index contributed by atoms with van der Waals surface area (Å²) >= 11 is 11.8. The molecule has 0 aliphatic rings. The number of esters is 1. The van der Waals surface area contributed by atoms with E-state index in [1.165, 1.54) is 12.1 Å². The lowest BCUT2D eigenvalue weighted by Gasteiger charge is -2.12. The van der Waals surface area contributed by atoms with Crippen LogP contribution in [0, 0.1) is 5.92 Å². The normalized spacial score (nSPS) is 12.2. The van der Waals surface area contributed by atoms with Crippen molar-refractivity contribution in [1.82, 2.24) is 0 Å². The van der Waals surface area contributed by atoms with Gasteiger partial charge in [0, 0.05) is 5.69 Å². The van der Waals surface area contributed by atoms with E-state index in [0.29, 0.717) is 18.2 Å². The lowest BCUT2D eigenvalue weighted by Crippen LogP contribution is -2.13. The molecule has 1 rings (SSSR count). The van der Waals surface area contributed by atoms with Crippen LogP contribution in [0.1, 0.15) is 37.0 Å². The number of hydrogen-bond acceptors (Lipinski definition) is 3. The van der Waals surface area contributed by atoms with E-state index >= 15 is 0 Å². The number of halogens is 2. The topological polar surface area (TPSA) is 52.3 Å². The molecule has 0 amide bonds. The molecule has 0 bridgehead atoms. The Kier molecular flexibility index (Phi) is 5.76. The summed E-state index contributed by atoms with van der Waals surface area (Å²) in [4.78, 5) is 11.9. The quantitative estimate of drug-likeness (QED) is 0.654. The number of anilines is 1. The minimum Gasteiger partial charge on any atom is -0.462 e. The molecule has 1 atom stereocenters. The zero-order valence-electron chi connectivity index (χ0n) is 10.5. The molecule has 1 unspecified atom stereocenters. The number of ether oxygens (including phenoxy) is 1. The Morgan fingerprint density at radius 1 is 1.44 bits per heavy atom. The summed E-state index contributed by atoms with van der Waals surface area (Å²) in [5.74, 6) is -0.161. The van der Waals surface area contributed by atoms with Gasteiger partial charge in [0.2, 0.25) is 0 Å². The van der Waals surface area contributed by atoms with Crippen molar-refractivity contribution in [3.8, 4) is 0 Å². The molecule has 1 aromatic carbocycles. The first kappa shape index (κ1) is 15.1. The molecule has 0 radical (unpaired) electrons. The van der Waals surface area contributed by atoms with Crippen LogP contribution in [0.2, 0.25) is 10.0 Å². The van der Waals surface area contributed by atoms with Gasteiger partial charge in [-0.15, -0.1) is 0 Å². The van der Waals surface area contributed by atoms with Crippen LogP contribution in [0.15, 0.2) is 12.1 Å². The molecule has 0 aliphatic carbocycles. The highest BCUT2D eigenvalue weighted by atomic mass is 35.5. The molecular formula is C13H17Cl2NO2. The highest BCUT2D eigenvalue weighted by Gasteiger charge is 2.16. The first-order chi connectivity index (χ1) is 8.45. The van der Waals surface area contributed by atoms with Crippen molar-refractivity contribution in [3.05, 3.63) is 27.7 Å². The van der Waals surface area contributed by atoms with Gasteiger partial charge >= 0.3 is 5.97 Å². The maximum atomic E-state index is 11.9. The minimum absolute atomic E-state index is 0.180. The summed E-state index contributed by atoms with van der Waals surface area (Å²) in [6, 6.07) is 2.97. The molecule has 0 fully saturated rings. The molecule has 5 heteroatoms. The Balaban J connectivity index is 2.73. The smallest absolute Gasteiger partial charge is 0.339 e. The summed E-state index contributed by atoms with van der Waals surface area (Å²) in [5, 5.41) is 0.434. The summed E-state index contributed by atoms with van der Waals surface area (Å²) in [6.07, 6.45) is 2.07. The van der Waals surface area contributed by atoms with E-state index in [1.807, 2.05) is 6.92 Å². The molecular weight excluding hydrogens is 273 g/mol. The maximum absolute atomic E-state index is 11.9. The molecule has 100 valence electrons. The zero-order valence-corrected chi connectivity index (χ0v) is 12.0. The predicted molar refractivity (Wildman–Crippen MR) is 75.2 cm³/mol. The van der Waals surface area contributed by atoms with Crippen molar-refractivity contribution in [2.24, 2.45) is 5.92 Å². The van der Waals surface area contributed by atoms with Gasteiger partial charge in [-0.2, -0.15) is 0 Å². The van der Waals surface area contributed by atoms with Crippen molar-refractivity contribution >= 4 is 34.9 Å². The number of nitrogen functional groups attached to an aromatic ring is 1. The fourth-order valence-electron chi connectivity index (χ4n) is 1.63. The fraction of sp³-hybridized carbons (Fsp3) is 0.462. The van der Waals surface area contributed by atoms with Gasteiger partial charge in [-0.3, -0.25) is 0 Å². The van der Waals surface area contributed by atoms with Gasteiger partial charge in [0.15, 0.2) is 0 Å². The van der Waals surface area contributed by atoms with Crippen molar-refractivity contribution < 1.29 is 9.53 Å². The second-order valence-corrected chi connectivity index (χ2v) is 5.14. The Hall–Kier alpha value is -0.930.